The second kappa shape index (κ2) is 13.2. The van der Waals surface area contributed by atoms with Crippen molar-refractivity contribution >= 4 is 43.6 Å². The van der Waals surface area contributed by atoms with Gasteiger partial charge in [-0.05, 0) is 99.6 Å². The predicted octanol–water partition coefficient (Wildman–Crippen LogP) is 14.5. The summed E-state index contributed by atoms with van der Waals surface area (Å²) in [5.41, 5.74) is 16.8. The van der Waals surface area contributed by atoms with Crippen molar-refractivity contribution in [1.29, 1.82) is 0 Å². The van der Waals surface area contributed by atoms with Crippen LogP contribution in [0.5, 0.6) is 0 Å². The number of nitrogens with zero attached hydrogens (tertiary/aromatic N) is 2. The highest BCUT2D eigenvalue weighted by atomic mass is 15.0. The summed E-state index contributed by atoms with van der Waals surface area (Å²) in [5, 5.41) is 4.97. The maximum absolute atomic E-state index is 2.45. The Hall–Kier alpha value is -7.42. The minimum absolute atomic E-state index is 1.16. The minimum atomic E-state index is 1.16. The smallest absolute Gasteiger partial charge is 0.0541 e. The summed E-state index contributed by atoms with van der Waals surface area (Å²) >= 11 is 0. The van der Waals surface area contributed by atoms with Crippen LogP contribution in [0.2, 0.25) is 0 Å². The molecule has 0 bridgehead atoms. The molecule has 9 aromatic carbocycles. The van der Waals surface area contributed by atoms with E-state index in [1.165, 1.54) is 93.8 Å². The lowest BCUT2D eigenvalue weighted by Gasteiger charge is -2.14. The molecule has 0 N–H and O–H groups in total. The molecule has 0 spiro atoms. The van der Waals surface area contributed by atoms with E-state index in [1.54, 1.807) is 0 Å². The summed E-state index contributed by atoms with van der Waals surface area (Å²) in [6.07, 6.45) is 0. The monoisotopic (exact) mass is 712 g/mol. The average Bonchev–Trinajstić information content (AvgIpc) is 3.79. The molecule has 262 valence electrons. The molecule has 11 rings (SSSR count). The number of aromatic nitrogens is 2. The van der Waals surface area contributed by atoms with E-state index < -0.39 is 0 Å². The van der Waals surface area contributed by atoms with Gasteiger partial charge in [0.2, 0.25) is 0 Å². The van der Waals surface area contributed by atoms with E-state index in [2.05, 4.69) is 228 Å². The summed E-state index contributed by atoms with van der Waals surface area (Å²) in [5.74, 6) is 0. The first kappa shape index (κ1) is 32.0. The standard InChI is InChI=1S/C54H36N2/c1-4-14-37(15-5-1)39-24-29-44(30-25-39)55-51-23-13-11-21-46(51)47-35-42(27-31-52(47)55)43-28-33-54-49(36-43)48-34-41(38-16-6-2-7-17-38)26-32-53(48)56(54)50-22-12-10-20-45(50)40-18-8-3-9-19-40/h1-36H. The number of hydrogen-bond acceptors (Lipinski definition) is 0. The molecule has 56 heavy (non-hydrogen) atoms. The Kier molecular flexibility index (Phi) is 7.53. The minimum Gasteiger partial charge on any atom is -0.309 e. The van der Waals surface area contributed by atoms with Gasteiger partial charge in [0, 0.05) is 32.8 Å². The molecule has 0 unspecified atom stereocenters. The molecule has 0 aliphatic rings. The van der Waals surface area contributed by atoms with Crippen molar-refractivity contribution in [3.8, 4) is 55.9 Å². The first-order chi connectivity index (χ1) is 27.8. The molecule has 0 amide bonds. The van der Waals surface area contributed by atoms with Gasteiger partial charge in [0.05, 0.1) is 27.8 Å². The highest BCUT2D eigenvalue weighted by molar-refractivity contribution is 6.13. The van der Waals surface area contributed by atoms with Crippen molar-refractivity contribution in [3.63, 3.8) is 0 Å². The van der Waals surface area contributed by atoms with Gasteiger partial charge in [-0.1, -0.05) is 158 Å². The lowest BCUT2D eigenvalue weighted by molar-refractivity contribution is 1.18. The molecular formula is C54H36N2. The van der Waals surface area contributed by atoms with E-state index in [9.17, 15) is 0 Å². The third-order valence-electron chi connectivity index (χ3n) is 11.3. The van der Waals surface area contributed by atoms with Crippen molar-refractivity contribution in [1.82, 2.24) is 9.13 Å². The van der Waals surface area contributed by atoms with Gasteiger partial charge in [-0.15, -0.1) is 0 Å². The van der Waals surface area contributed by atoms with Crippen molar-refractivity contribution in [3.05, 3.63) is 218 Å². The highest BCUT2D eigenvalue weighted by Crippen LogP contribution is 2.41. The van der Waals surface area contributed by atoms with Crippen LogP contribution in [0.25, 0.3) is 99.5 Å². The number of benzene rings is 9. The Morgan fingerprint density at radius 3 is 1.23 bits per heavy atom. The van der Waals surface area contributed by atoms with E-state index in [1.807, 2.05) is 0 Å². The summed E-state index contributed by atoms with van der Waals surface area (Å²) in [6, 6.07) is 79.4. The topological polar surface area (TPSA) is 9.86 Å². The molecule has 2 heteroatoms. The third-order valence-corrected chi connectivity index (χ3v) is 11.3. The molecule has 0 fully saturated rings. The first-order valence-electron chi connectivity index (χ1n) is 19.3. The van der Waals surface area contributed by atoms with Gasteiger partial charge in [0.25, 0.3) is 0 Å². The molecule has 11 aromatic rings. The summed E-state index contributed by atoms with van der Waals surface area (Å²) in [7, 11) is 0. The Balaban J connectivity index is 1.09. The van der Waals surface area contributed by atoms with Crippen LogP contribution in [0.4, 0.5) is 0 Å². The van der Waals surface area contributed by atoms with Crippen LogP contribution >= 0.6 is 0 Å². The molecule has 0 saturated heterocycles. The Bertz CT molecular complexity index is 3210. The molecule has 0 saturated carbocycles. The Labute approximate surface area is 325 Å². The van der Waals surface area contributed by atoms with E-state index >= 15 is 0 Å². The van der Waals surface area contributed by atoms with Crippen LogP contribution in [0, 0.1) is 0 Å². The molecule has 0 atom stereocenters. The first-order valence-corrected chi connectivity index (χ1v) is 19.3. The second-order valence-corrected chi connectivity index (χ2v) is 14.5. The van der Waals surface area contributed by atoms with Gasteiger partial charge < -0.3 is 9.13 Å². The van der Waals surface area contributed by atoms with Gasteiger partial charge >= 0.3 is 0 Å². The highest BCUT2D eigenvalue weighted by Gasteiger charge is 2.18. The maximum atomic E-state index is 2.45. The van der Waals surface area contributed by atoms with Gasteiger partial charge in [0.15, 0.2) is 0 Å². The zero-order chi connectivity index (χ0) is 37.0. The quantitative estimate of drug-likeness (QED) is 0.162. The molecule has 0 aliphatic carbocycles. The zero-order valence-corrected chi connectivity index (χ0v) is 30.7. The van der Waals surface area contributed by atoms with Gasteiger partial charge in [-0.2, -0.15) is 0 Å². The molecule has 0 radical (unpaired) electrons. The molecular weight excluding hydrogens is 677 g/mol. The SMILES string of the molecule is c1ccc(-c2ccc(-n3c4ccccc4c4cc(-c5ccc6c(c5)c5cc(-c7ccccc7)ccc5n6-c5ccccc5-c5ccccc5)ccc43)cc2)cc1. The number of hydrogen-bond donors (Lipinski definition) is 0. The van der Waals surface area contributed by atoms with Crippen LogP contribution < -0.4 is 0 Å². The van der Waals surface area contributed by atoms with Gasteiger partial charge in [-0.25, -0.2) is 0 Å². The van der Waals surface area contributed by atoms with E-state index in [0.717, 1.165) is 5.69 Å². The van der Waals surface area contributed by atoms with Crippen molar-refractivity contribution in [2.45, 2.75) is 0 Å². The van der Waals surface area contributed by atoms with E-state index in [-0.39, 0.29) is 0 Å². The lowest BCUT2D eigenvalue weighted by atomic mass is 9.99. The summed E-state index contributed by atoms with van der Waals surface area (Å²) in [4.78, 5) is 0. The number of rotatable bonds is 6. The van der Waals surface area contributed by atoms with E-state index in [0.29, 0.717) is 0 Å². The van der Waals surface area contributed by atoms with Crippen LogP contribution in [0.1, 0.15) is 0 Å². The number of fused-ring (bicyclic) bond motifs is 6. The van der Waals surface area contributed by atoms with Crippen molar-refractivity contribution in [2.75, 3.05) is 0 Å². The van der Waals surface area contributed by atoms with Crippen LogP contribution in [-0.4, -0.2) is 9.13 Å². The third kappa shape index (κ3) is 5.26. The fraction of sp³-hybridized carbons (Fsp3) is 0. The summed E-state index contributed by atoms with van der Waals surface area (Å²) < 4.78 is 4.85. The summed E-state index contributed by atoms with van der Waals surface area (Å²) in [6.45, 7) is 0. The zero-order valence-electron chi connectivity index (χ0n) is 30.7. The fourth-order valence-electron chi connectivity index (χ4n) is 8.67. The molecule has 2 nitrogen and oxygen atoms in total. The largest absolute Gasteiger partial charge is 0.309 e. The van der Waals surface area contributed by atoms with E-state index in [4.69, 9.17) is 0 Å². The van der Waals surface area contributed by atoms with Gasteiger partial charge in [-0.3, -0.25) is 0 Å². The van der Waals surface area contributed by atoms with Crippen LogP contribution in [-0.2, 0) is 0 Å². The van der Waals surface area contributed by atoms with Gasteiger partial charge in [0.1, 0.15) is 0 Å². The Morgan fingerprint density at radius 1 is 0.232 bits per heavy atom. The number of para-hydroxylation sites is 2. The molecule has 2 heterocycles. The molecule has 2 aromatic heterocycles. The second-order valence-electron chi connectivity index (χ2n) is 14.5. The fourth-order valence-corrected chi connectivity index (χ4v) is 8.67. The predicted molar refractivity (Wildman–Crippen MR) is 237 cm³/mol. The van der Waals surface area contributed by atoms with Crippen LogP contribution in [0.3, 0.4) is 0 Å². The molecule has 0 aliphatic heterocycles. The van der Waals surface area contributed by atoms with Crippen molar-refractivity contribution in [2.24, 2.45) is 0 Å². The van der Waals surface area contributed by atoms with Crippen molar-refractivity contribution < 1.29 is 0 Å². The maximum Gasteiger partial charge on any atom is 0.0541 e. The normalized spacial score (nSPS) is 11.6. The Morgan fingerprint density at radius 2 is 0.625 bits per heavy atom. The average molecular weight is 713 g/mol. The van der Waals surface area contributed by atoms with Crippen LogP contribution in [0.15, 0.2) is 218 Å². The lowest BCUT2D eigenvalue weighted by Crippen LogP contribution is -1.97.